The number of carboxylic acid groups (broad SMARTS) is 1. The second-order valence-corrected chi connectivity index (χ2v) is 8.99. The summed E-state index contributed by atoms with van der Waals surface area (Å²) < 4.78 is 8.41. The van der Waals surface area contributed by atoms with Crippen LogP contribution < -0.4 is 5.73 Å². The number of allylic oxidation sites excluding steroid dienone is 2. The first-order valence-corrected chi connectivity index (χ1v) is 9.50. The van der Waals surface area contributed by atoms with Crippen LogP contribution in [0.25, 0.3) is 12.3 Å². The van der Waals surface area contributed by atoms with E-state index in [1.165, 1.54) is 0 Å². The monoisotopic (exact) mass is 356 g/mol. The molecule has 3 atom stereocenters. The highest BCUT2D eigenvalue weighted by Gasteiger charge is 2.63. The zero-order valence-electron chi connectivity index (χ0n) is 15.8. The molecule has 5 heteroatoms. The molecule has 0 radical (unpaired) electrons. The van der Waals surface area contributed by atoms with E-state index in [4.69, 9.17) is 10.5 Å². The molecule has 1 aromatic rings. The minimum atomic E-state index is -1.07. The van der Waals surface area contributed by atoms with Crippen molar-refractivity contribution in [3.63, 3.8) is 0 Å². The molecule has 2 saturated heterocycles. The normalized spacial score (nSPS) is 35.0. The van der Waals surface area contributed by atoms with Gasteiger partial charge in [0.15, 0.2) is 5.60 Å². The number of fused-ring (bicyclic) bond motifs is 5. The summed E-state index contributed by atoms with van der Waals surface area (Å²) in [7, 11) is 0. The molecule has 3 N–H and O–H groups in total. The van der Waals surface area contributed by atoms with Crippen molar-refractivity contribution in [1.82, 2.24) is 4.57 Å². The predicted octanol–water partition coefficient (Wildman–Crippen LogP) is 4.24. The minimum absolute atomic E-state index is 0.0373. The van der Waals surface area contributed by atoms with Crippen LogP contribution in [0.4, 0.5) is 5.69 Å². The summed E-state index contributed by atoms with van der Waals surface area (Å²) >= 11 is 0. The summed E-state index contributed by atoms with van der Waals surface area (Å²) in [5, 5.41) is 9.82. The third-order valence-electron chi connectivity index (χ3n) is 6.17. The van der Waals surface area contributed by atoms with Gasteiger partial charge in [-0.15, -0.1) is 0 Å². The SMILES string of the molecule is CC1CCCC2(c3c(N)cc4n3C=CC(C)(C)C=C4)CC(C(=O)O)(C1)O2. The third-order valence-corrected chi connectivity index (χ3v) is 6.17. The lowest BCUT2D eigenvalue weighted by atomic mass is 9.67. The van der Waals surface area contributed by atoms with Crippen LogP contribution in [0, 0.1) is 11.3 Å². The van der Waals surface area contributed by atoms with Crippen LogP contribution in [0.3, 0.4) is 0 Å². The average Bonchev–Trinajstić information content (AvgIpc) is 2.73. The average molecular weight is 356 g/mol. The van der Waals surface area contributed by atoms with Crippen LogP contribution in [-0.2, 0) is 15.1 Å². The smallest absolute Gasteiger partial charge is 0.336 e. The summed E-state index contributed by atoms with van der Waals surface area (Å²) in [5.74, 6) is -0.491. The Hall–Kier alpha value is -2.01. The lowest BCUT2D eigenvalue weighted by Gasteiger charge is -2.56. The van der Waals surface area contributed by atoms with Crippen molar-refractivity contribution in [2.45, 2.75) is 64.1 Å². The summed E-state index contributed by atoms with van der Waals surface area (Å²) in [6.07, 6.45) is 12.4. The molecule has 4 aliphatic rings. The molecule has 3 aliphatic heterocycles. The van der Waals surface area contributed by atoms with Gasteiger partial charge in [0, 0.05) is 23.7 Å². The Morgan fingerprint density at radius 1 is 1.38 bits per heavy atom. The number of hydrogen-bond acceptors (Lipinski definition) is 3. The fraction of sp³-hybridized carbons (Fsp3) is 0.571. The van der Waals surface area contributed by atoms with Crippen LogP contribution in [0.1, 0.15) is 64.3 Å². The quantitative estimate of drug-likeness (QED) is 0.831. The summed E-state index contributed by atoms with van der Waals surface area (Å²) in [6.45, 7) is 6.42. The van der Waals surface area contributed by atoms with Gasteiger partial charge in [-0.05, 0) is 37.3 Å². The van der Waals surface area contributed by atoms with Gasteiger partial charge in [0.25, 0.3) is 0 Å². The Labute approximate surface area is 154 Å². The van der Waals surface area contributed by atoms with E-state index in [1.807, 2.05) is 6.07 Å². The number of aromatic nitrogens is 1. The molecule has 3 fully saturated rings. The Morgan fingerprint density at radius 2 is 2.12 bits per heavy atom. The highest BCUT2D eigenvalue weighted by atomic mass is 16.6. The van der Waals surface area contributed by atoms with Crippen molar-refractivity contribution in [1.29, 1.82) is 0 Å². The van der Waals surface area contributed by atoms with Gasteiger partial charge in [-0.25, -0.2) is 4.79 Å². The summed E-state index contributed by atoms with van der Waals surface area (Å²) in [6, 6.07) is 1.97. The molecule has 140 valence electrons. The number of hydrogen-bond donors (Lipinski definition) is 2. The molecule has 1 aliphatic carbocycles. The van der Waals surface area contributed by atoms with E-state index in [1.54, 1.807) is 0 Å². The van der Waals surface area contributed by atoms with Crippen LogP contribution in [-0.4, -0.2) is 21.2 Å². The number of ether oxygens (including phenoxy) is 1. The number of carbonyl (C=O) groups is 1. The first kappa shape index (κ1) is 17.4. The molecule has 4 heterocycles. The Kier molecular flexibility index (Phi) is 3.68. The van der Waals surface area contributed by atoms with Gasteiger partial charge in [0.1, 0.15) is 5.60 Å². The number of aliphatic carboxylic acids is 1. The Balaban J connectivity index is 1.79. The molecule has 1 aromatic heterocycles. The predicted molar refractivity (Wildman–Crippen MR) is 102 cm³/mol. The third kappa shape index (κ3) is 2.52. The van der Waals surface area contributed by atoms with Crippen LogP contribution in [0.2, 0.25) is 0 Å². The van der Waals surface area contributed by atoms with E-state index in [0.29, 0.717) is 24.4 Å². The fourth-order valence-corrected chi connectivity index (χ4v) is 4.90. The van der Waals surface area contributed by atoms with Crippen molar-refractivity contribution in [2.24, 2.45) is 11.3 Å². The molecule has 1 saturated carbocycles. The molecule has 0 aromatic carbocycles. The molecule has 0 spiro atoms. The molecule has 0 amide bonds. The highest BCUT2D eigenvalue weighted by molar-refractivity contribution is 5.80. The van der Waals surface area contributed by atoms with Gasteiger partial charge in [-0.3, -0.25) is 0 Å². The molecular weight excluding hydrogens is 328 g/mol. The largest absolute Gasteiger partial charge is 0.479 e. The van der Waals surface area contributed by atoms with Crippen molar-refractivity contribution < 1.29 is 14.6 Å². The van der Waals surface area contributed by atoms with Gasteiger partial charge < -0.3 is 20.1 Å². The first-order chi connectivity index (χ1) is 12.2. The summed E-state index contributed by atoms with van der Waals surface area (Å²) in [5.41, 5.74) is 7.30. The number of nitrogens with two attached hydrogens (primary N) is 1. The van der Waals surface area contributed by atoms with E-state index in [9.17, 15) is 9.90 Å². The molecule has 26 heavy (non-hydrogen) atoms. The first-order valence-electron chi connectivity index (χ1n) is 9.50. The number of rotatable bonds is 2. The highest BCUT2D eigenvalue weighted by Crippen LogP contribution is 2.57. The van der Waals surface area contributed by atoms with Gasteiger partial charge in [0.2, 0.25) is 0 Å². The molecular formula is C21H28N2O3. The molecule has 5 nitrogen and oxygen atoms in total. The zero-order chi connectivity index (χ0) is 18.7. The second kappa shape index (κ2) is 5.49. The van der Waals surface area contributed by atoms with Crippen LogP contribution in [0.5, 0.6) is 0 Å². The van der Waals surface area contributed by atoms with E-state index in [0.717, 1.165) is 30.7 Å². The second-order valence-electron chi connectivity index (χ2n) is 8.99. The molecule has 2 bridgehead atoms. The van der Waals surface area contributed by atoms with E-state index >= 15 is 0 Å². The van der Waals surface area contributed by atoms with Gasteiger partial charge in [-0.1, -0.05) is 39.3 Å². The Morgan fingerprint density at radius 3 is 2.81 bits per heavy atom. The molecule has 3 unspecified atom stereocenters. The Bertz CT molecular complexity index is 809. The molecule has 5 rings (SSSR count). The van der Waals surface area contributed by atoms with Crippen LogP contribution in [0.15, 0.2) is 18.2 Å². The fourth-order valence-electron chi connectivity index (χ4n) is 4.90. The van der Waals surface area contributed by atoms with Crippen molar-refractivity contribution >= 4 is 23.9 Å². The maximum Gasteiger partial charge on any atom is 0.336 e. The zero-order valence-corrected chi connectivity index (χ0v) is 15.8. The van der Waals surface area contributed by atoms with E-state index in [2.05, 4.69) is 49.8 Å². The lowest BCUT2D eigenvalue weighted by Crippen LogP contribution is -2.63. The van der Waals surface area contributed by atoms with Gasteiger partial charge >= 0.3 is 5.97 Å². The number of nitrogens with zero attached hydrogens (tertiary/aromatic N) is 1. The van der Waals surface area contributed by atoms with Crippen molar-refractivity contribution in [3.05, 3.63) is 29.6 Å². The van der Waals surface area contributed by atoms with Crippen LogP contribution >= 0.6 is 0 Å². The number of carboxylic acids is 1. The van der Waals surface area contributed by atoms with Crippen molar-refractivity contribution in [2.75, 3.05) is 5.73 Å². The summed E-state index contributed by atoms with van der Waals surface area (Å²) in [4.78, 5) is 12.0. The maximum absolute atomic E-state index is 12.0. The maximum atomic E-state index is 12.0. The van der Waals surface area contributed by atoms with Gasteiger partial charge in [-0.2, -0.15) is 0 Å². The van der Waals surface area contributed by atoms with Crippen molar-refractivity contribution in [3.8, 4) is 0 Å². The standard InChI is InChI=1S/C21H28N2O3/c1-14-5-4-7-20(13-21(12-14,26-20)18(24)25)17-16(22)11-15-6-8-19(2,3)9-10-23(15)17/h6,8-11,14H,4-5,7,12-13,22H2,1-3H3,(H,24,25). The number of anilines is 1. The minimum Gasteiger partial charge on any atom is -0.479 e. The lowest BCUT2D eigenvalue weighted by molar-refractivity contribution is -0.292. The van der Waals surface area contributed by atoms with E-state index in [-0.39, 0.29) is 5.41 Å². The topological polar surface area (TPSA) is 77.5 Å². The number of nitrogen functional groups attached to an aromatic ring is 1. The van der Waals surface area contributed by atoms with Gasteiger partial charge in [0.05, 0.1) is 11.4 Å². The van der Waals surface area contributed by atoms with E-state index < -0.39 is 17.2 Å².